The van der Waals surface area contributed by atoms with Gasteiger partial charge in [-0.1, -0.05) is 29.0 Å². The van der Waals surface area contributed by atoms with Gasteiger partial charge in [0, 0.05) is 11.4 Å². The van der Waals surface area contributed by atoms with Gasteiger partial charge in [0.15, 0.2) is 10.3 Å². The monoisotopic (exact) mass is 250 g/mol. The normalized spacial score (nSPS) is 9.75. The van der Waals surface area contributed by atoms with Crippen molar-refractivity contribution < 1.29 is 0 Å². The van der Waals surface area contributed by atoms with Gasteiger partial charge in [-0.2, -0.15) is 5.26 Å². The lowest BCUT2D eigenvalue weighted by molar-refractivity contribution is 1.38. The van der Waals surface area contributed by atoms with Crippen LogP contribution in [0.2, 0.25) is 5.15 Å². The van der Waals surface area contributed by atoms with E-state index in [9.17, 15) is 0 Å². The quantitative estimate of drug-likeness (QED) is 0.804. The van der Waals surface area contributed by atoms with Crippen molar-refractivity contribution in [1.29, 1.82) is 5.26 Å². The maximum atomic E-state index is 8.73. The molecule has 0 spiro atoms. The highest BCUT2D eigenvalue weighted by Crippen LogP contribution is 2.28. The first-order chi connectivity index (χ1) is 7.69. The Kier molecular flexibility index (Phi) is 2.95. The molecule has 0 saturated heterocycles. The molecule has 0 aliphatic heterocycles. The van der Waals surface area contributed by atoms with Crippen LogP contribution >= 0.6 is 22.9 Å². The average molecular weight is 251 g/mol. The van der Waals surface area contributed by atoms with Crippen LogP contribution in [0.15, 0.2) is 24.3 Å². The first-order valence-corrected chi connectivity index (χ1v) is 5.57. The Morgan fingerprint density at radius 3 is 2.94 bits per heavy atom. The Bertz CT molecular complexity index is 558. The van der Waals surface area contributed by atoms with Gasteiger partial charge in [0.2, 0.25) is 0 Å². The molecular weight excluding hydrogens is 244 g/mol. The first kappa shape index (κ1) is 10.7. The number of anilines is 3. The second-order valence-electron chi connectivity index (χ2n) is 3.00. The van der Waals surface area contributed by atoms with E-state index in [1.165, 1.54) is 11.3 Å². The van der Waals surface area contributed by atoms with Crippen molar-refractivity contribution in [1.82, 2.24) is 4.98 Å². The molecule has 16 heavy (non-hydrogen) atoms. The zero-order valence-electron chi connectivity index (χ0n) is 8.07. The summed E-state index contributed by atoms with van der Waals surface area (Å²) in [6.07, 6.45) is 0. The second kappa shape index (κ2) is 4.39. The Hall–Kier alpha value is -1.77. The van der Waals surface area contributed by atoms with Crippen LogP contribution in [-0.4, -0.2) is 4.98 Å². The molecule has 6 heteroatoms. The fourth-order valence-corrected chi connectivity index (χ4v) is 2.13. The van der Waals surface area contributed by atoms with E-state index in [0.29, 0.717) is 15.7 Å². The van der Waals surface area contributed by atoms with Crippen molar-refractivity contribution in [3.05, 3.63) is 34.3 Å². The van der Waals surface area contributed by atoms with E-state index < -0.39 is 0 Å². The number of nitrogens with one attached hydrogen (secondary N) is 1. The Morgan fingerprint density at radius 2 is 2.31 bits per heavy atom. The minimum atomic E-state index is 0.221. The summed E-state index contributed by atoms with van der Waals surface area (Å²) in [6, 6.07) is 9.23. The lowest BCUT2D eigenvalue weighted by Crippen LogP contribution is -1.91. The molecule has 0 amide bonds. The molecule has 2 aromatic rings. The SMILES string of the molecule is N#Cc1sc(Nc2cccc(N)c2)nc1Cl. The van der Waals surface area contributed by atoms with Crippen molar-refractivity contribution in [2.45, 2.75) is 0 Å². The van der Waals surface area contributed by atoms with Crippen molar-refractivity contribution in [3.63, 3.8) is 0 Å². The van der Waals surface area contributed by atoms with E-state index in [4.69, 9.17) is 22.6 Å². The van der Waals surface area contributed by atoms with Gasteiger partial charge in [-0.05, 0) is 18.2 Å². The number of halogens is 1. The summed E-state index contributed by atoms with van der Waals surface area (Å²) in [5.74, 6) is 0. The zero-order chi connectivity index (χ0) is 11.5. The molecule has 0 bridgehead atoms. The van der Waals surface area contributed by atoms with Gasteiger partial charge in [0.05, 0.1) is 0 Å². The van der Waals surface area contributed by atoms with Crippen LogP contribution in [0, 0.1) is 11.3 Å². The number of hydrogen-bond donors (Lipinski definition) is 2. The van der Waals surface area contributed by atoms with Gasteiger partial charge < -0.3 is 11.1 Å². The van der Waals surface area contributed by atoms with E-state index in [2.05, 4.69) is 10.3 Å². The maximum Gasteiger partial charge on any atom is 0.189 e. The number of thiazole rings is 1. The standard InChI is InChI=1S/C10H7ClN4S/c11-9-8(5-12)16-10(15-9)14-7-3-1-2-6(13)4-7/h1-4H,13H2,(H,14,15). The summed E-state index contributed by atoms with van der Waals surface area (Å²) in [5, 5.41) is 12.6. The van der Waals surface area contributed by atoms with Crippen molar-refractivity contribution in [3.8, 4) is 6.07 Å². The van der Waals surface area contributed by atoms with Crippen LogP contribution in [0.4, 0.5) is 16.5 Å². The van der Waals surface area contributed by atoms with Gasteiger partial charge in [-0.15, -0.1) is 0 Å². The summed E-state index contributed by atoms with van der Waals surface area (Å²) in [7, 11) is 0. The number of nitrogen functional groups attached to an aromatic ring is 1. The molecule has 3 N–H and O–H groups in total. The third-order valence-electron chi connectivity index (χ3n) is 1.83. The molecular formula is C10H7ClN4S. The van der Waals surface area contributed by atoms with Crippen LogP contribution in [-0.2, 0) is 0 Å². The zero-order valence-corrected chi connectivity index (χ0v) is 9.64. The van der Waals surface area contributed by atoms with E-state index in [-0.39, 0.29) is 5.15 Å². The molecule has 1 heterocycles. The van der Waals surface area contributed by atoms with Crippen LogP contribution in [0.3, 0.4) is 0 Å². The number of nitriles is 1. The van der Waals surface area contributed by atoms with Crippen molar-refractivity contribution >= 4 is 39.4 Å². The number of nitrogens with zero attached hydrogens (tertiary/aromatic N) is 2. The molecule has 0 unspecified atom stereocenters. The summed E-state index contributed by atoms with van der Waals surface area (Å²) in [4.78, 5) is 4.41. The lowest BCUT2D eigenvalue weighted by Gasteiger charge is -2.02. The van der Waals surface area contributed by atoms with Gasteiger partial charge in [0.25, 0.3) is 0 Å². The maximum absolute atomic E-state index is 8.73. The summed E-state index contributed by atoms with van der Waals surface area (Å²) >= 11 is 6.96. The molecule has 0 fully saturated rings. The van der Waals surface area contributed by atoms with Crippen molar-refractivity contribution in [2.24, 2.45) is 0 Å². The molecule has 80 valence electrons. The topological polar surface area (TPSA) is 74.7 Å². The summed E-state index contributed by atoms with van der Waals surface area (Å²) in [5.41, 5.74) is 7.11. The molecule has 0 aliphatic carbocycles. The van der Waals surface area contributed by atoms with Gasteiger partial charge in [0.1, 0.15) is 10.9 Å². The van der Waals surface area contributed by atoms with E-state index >= 15 is 0 Å². The summed E-state index contributed by atoms with van der Waals surface area (Å²) < 4.78 is 0. The molecule has 1 aromatic heterocycles. The average Bonchev–Trinajstić information content (AvgIpc) is 2.58. The van der Waals surface area contributed by atoms with Crippen molar-refractivity contribution in [2.75, 3.05) is 11.1 Å². The van der Waals surface area contributed by atoms with Crippen LogP contribution in [0.1, 0.15) is 4.88 Å². The molecule has 0 atom stereocenters. The molecule has 0 aliphatic rings. The predicted molar refractivity (Wildman–Crippen MR) is 66.0 cm³/mol. The first-order valence-electron chi connectivity index (χ1n) is 4.38. The van der Waals surface area contributed by atoms with Crippen LogP contribution in [0.5, 0.6) is 0 Å². The fourth-order valence-electron chi connectivity index (χ4n) is 1.16. The fraction of sp³-hybridized carbons (Fsp3) is 0. The molecule has 0 saturated carbocycles. The smallest absolute Gasteiger partial charge is 0.189 e. The number of aromatic nitrogens is 1. The van der Waals surface area contributed by atoms with Gasteiger partial charge in [-0.3, -0.25) is 0 Å². The summed E-state index contributed by atoms with van der Waals surface area (Å²) in [6.45, 7) is 0. The highest BCUT2D eigenvalue weighted by Gasteiger charge is 2.08. The van der Waals surface area contributed by atoms with Gasteiger partial charge >= 0.3 is 0 Å². The molecule has 1 aromatic carbocycles. The Labute approximate surface area is 101 Å². The molecule has 2 rings (SSSR count). The number of hydrogen-bond acceptors (Lipinski definition) is 5. The minimum absolute atomic E-state index is 0.221. The van der Waals surface area contributed by atoms with E-state index in [1.54, 1.807) is 12.1 Å². The molecule has 4 nitrogen and oxygen atoms in total. The van der Waals surface area contributed by atoms with E-state index in [0.717, 1.165) is 5.69 Å². The minimum Gasteiger partial charge on any atom is -0.399 e. The molecule has 0 radical (unpaired) electrons. The second-order valence-corrected chi connectivity index (χ2v) is 4.36. The highest BCUT2D eigenvalue weighted by molar-refractivity contribution is 7.16. The highest BCUT2D eigenvalue weighted by atomic mass is 35.5. The third-order valence-corrected chi connectivity index (χ3v) is 3.09. The Morgan fingerprint density at radius 1 is 1.50 bits per heavy atom. The number of benzene rings is 1. The van der Waals surface area contributed by atoms with E-state index in [1.807, 2.05) is 18.2 Å². The van der Waals surface area contributed by atoms with Gasteiger partial charge in [-0.25, -0.2) is 4.98 Å². The predicted octanol–water partition coefficient (Wildman–Crippen LogP) is 2.99. The third kappa shape index (κ3) is 2.24. The largest absolute Gasteiger partial charge is 0.399 e. The van der Waals surface area contributed by atoms with Crippen LogP contribution in [0.25, 0.3) is 0 Å². The van der Waals surface area contributed by atoms with Crippen LogP contribution < -0.4 is 11.1 Å². The number of nitrogens with two attached hydrogens (primary N) is 1. The lowest BCUT2D eigenvalue weighted by atomic mass is 10.3. The Balaban J connectivity index is 2.24. The number of rotatable bonds is 2.